The molecule has 2 heterocycles. The zero-order chi connectivity index (χ0) is 18.1. The maximum atomic E-state index is 11.4. The molecule has 1 aliphatic rings. The summed E-state index contributed by atoms with van der Waals surface area (Å²) in [6.07, 6.45) is 3.51. The molecule has 2 rings (SSSR count). The van der Waals surface area contributed by atoms with Crippen LogP contribution < -0.4 is 0 Å². The molecular formula is C16H20BCl2NO3S. The average Bonchev–Trinajstić information content (AvgIpc) is 2.67. The number of thioether (sulfide) groups is 1. The van der Waals surface area contributed by atoms with Crippen LogP contribution in [0.15, 0.2) is 17.7 Å². The summed E-state index contributed by atoms with van der Waals surface area (Å²) in [5, 5.41) is 0.659. The lowest BCUT2D eigenvalue weighted by atomic mass is 9.78. The third-order valence-corrected chi connectivity index (χ3v) is 5.74. The standard InChI is InChI=1S/C16H20BCl2NO3S/c1-10(21)24-9-12(6-11-7-13(18)14(19)20-8-11)17-22-15(2,3)16(4,5)23-17/h6-8H,9H2,1-5H3. The summed E-state index contributed by atoms with van der Waals surface area (Å²) in [6.45, 7) is 9.49. The third-order valence-electron chi connectivity index (χ3n) is 4.17. The quantitative estimate of drug-likeness (QED) is 0.554. The van der Waals surface area contributed by atoms with Crippen LogP contribution in [0.25, 0.3) is 6.08 Å². The van der Waals surface area contributed by atoms with E-state index in [-0.39, 0.29) is 10.3 Å². The molecule has 0 spiro atoms. The van der Waals surface area contributed by atoms with Crippen molar-refractivity contribution in [2.75, 3.05) is 5.75 Å². The first-order valence-corrected chi connectivity index (χ1v) is 9.26. The van der Waals surface area contributed by atoms with Crippen LogP contribution in [0.1, 0.15) is 40.2 Å². The summed E-state index contributed by atoms with van der Waals surface area (Å²) in [6, 6.07) is 1.72. The van der Waals surface area contributed by atoms with Gasteiger partial charge in [0.2, 0.25) is 0 Å². The number of halogens is 2. The highest BCUT2D eigenvalue weighted by molar-refractivity contribution is 8.13. The highest BCUT2D eigenvalue weighted by Crippen LogP contribution is 2.39. The van der Waals surface area contributed by atoms with Crippen molar-refractivity contribution in [3.8, 4) is 0 Å². The monoisotopic (exact) mass is 387 g/mol. The lowest BCUT2D eigenvalue weighted by Gasteiger charge is -2.32. The van der Waals surface area contributed by atoms with E-state index in [0.717, 1.165) is 11.0 Å². The Morgan fingerprint density at radius 3 is 2.38 bits per heavy atom. The van der Waals surface area contributed by atoms with Crippen LogP contribution in [-0.4, -0.2) is 34.2 Å². The fourth-order valence-electron chi connectivity index (χ4n) is 2.09. The first-order valence-electron chi connectivity index (χ1n) is 7.52. The minimum Gasteiger partial charge on any atom is -0.400 e. The molecular weight excluding hydrogens is 368 g/mol. The molecule has 130 valence electrons. The van der Waals surface area contributed by atoms with E-state index in [1.807, 2.05) is 33.8 Å². The molecule has 1 aromatic rings. The van der Waals surface area contributed by atoms with Gasteiger partial charge in [-0.25, -0.2) is 4.98 Å². The topological polar surface area (TPSA) is 48.4 Å². The largest absolute Gasteiger partial charge is 0.491 e. The number of nitrogens with zero attached hydrogens (tertiary/aromatic N) is 1. The SMILES string of the molecule is CC(=O)SCC(=Cc1cnc(Cl)c(Cl)c1)B1OC(C)(C)C(C)(C)O1. The van der Waals surface area contributed by atoms with E-state index in [2.05, 4.69) is 4.98 Å². The van der Waals surface area contributed by atoms with Gasteiger partial charge in [-0.05, 0) is 44.8 Å². The van der Waals surface area contributed by atoms with Gasteiger partial charge in [0, 0.05) is 18.9 Å². The molecule has 1 saturated heterocycles. The molecule has 1 aromatic heterocycles. The number of carbonyl (C=O) groups is 1. The van der Waals surface area contributed by atoms with Crippen molar-refractivity contribution in [3.05, 3.63) is 33.5 Å². The molecule has 0 unspecified atom stereocenters. The maximum Gasteiger partial charge on any atom is 0.491 e. The minimum absolute atomic E-state index is 0.0321. The number of hydrogen-bond acceptors (Lipinski definition) is 5. The van der Waals surface area contributed by atoms with Crippen molar-refractivity contribution in [2.45, 2.75) is 45.8 Å². The molecule has 4 nitrogen and oxygen atoms in total. The maximum absolute atomic E-state index is 11.4. The van der Waals surface area contributed by atoms with E-state index in [0.29, 0.717) is 10.8 Å². The van der Waals surface area contributed by atoms with Gasteiger partial charge in [0.15, 0.2) is 5.12 Å². The van der Waals surface area contributed by atoms with Gasteiger partial charge >= 0.3 is 7.12 Å². The number of rotatable bonds is 4. The normalized spacial score (nSPS) is 19.6. The molecule has 0 atom stereocenters. The molecule has 1 aliphatic heterocycles. The molecule has 24 heavy (non-hydrogen) atoms. The predicted octanol–water partition coefficient (Wildman–Crippen LogP) is 4.68. The second kappa shape index (κ2) is 7.38. The summed E-state index contributed by atoms with van der Waals surface area (Å²) in [7, 11) is -0.531. The Morgan fingerprint density at radius 1 is 1.29 bits per heavy atom. The Labute approximate surface area is 157 Å². The number of carbonyl (C=O) groups excluding carboxylic acids is 1. The fraction of sp³-hybridized carbons (Fsp3) is 0.500. The molecule has 8 heteroatoms. The lowest BCUT2D eigenvalue weighted by Crippen LogP contribution is -2.41. The molecule has 0 aromatic carbocycles. The second-order valence-electron chi connectivity index (χ2n) is 6.63. The van der Waals surface area contributed by atoms with Crippen LogP contribution in [0.2, 0.25) is 10.2 Å². The van der Waals surface area contributed by atoms with Crippen LogP contribution in [0.4, 0.5) is 0 Å². The summed E-state index contributed by atoms with van der Waals surface area (Å²) >= 11 is 13.1. The molecule has 0 radical (unpaired) electrons. The predicted molar refractivity (Wildman–Crippen MR) is 101 cm³/mol. The summed E-state index contributed by atoms with van der Waals surface area (Å²) in [5.74, 6) is 0.465. The third kappa shape index (κ3) is 4.55. The van der Waals surface area contributed by atoms with Crippen molar-refractivity contribution in [3.63, 3.8) is 0 Å². The number of aromatic nitrogens is 1. The van der Waals surface area contributed by atoms with Gasteiger partial charge in [-0.2, -0.15) is 0 Å². The van der Waals surface area contributed by atoms with Gasteiger partial charge in [0.1, 0.15) is 5.15 Å². The Hall–Kier alpha value is -0.525. The average molecular weight is 388 g/mol. The van der Waals surface area contributed by atoms with E-state index in [9.17, 15) is 4.79 Å². The van der Waals surface area contributed by atoms with Gasteiger partial charge in [-0.1, -0.05) is 41.0 Å². The van der Waals surface area contributed by atoms with Crippen molar-refractivity contribution >= 4 is 53.3 Å². The lowest BCUT2D eigenvalue weighted by molar-refractivity contribution is -0.109. The van der Waals surface area contributed by atoms with Crippen LogP contribution in [0.3, 0.4) is 0 Å². The second-order valence-corrected chi connectivity index (χ2v) is 8.55. The fourth-order valence-corrected chi connectivity index (χ4v) is 2.95. The smallest absolute Gasteiger partial charge is 0.400 e. The molecule has 0 N–H and O–H groups in total. The first-order chi connectivity index (χ1) is 11.0. The Kier molecular flexibility index (Phi) is 6.09. The summed E-state index contributed by atoms with van der Waals surface area (Å²) < 4.78 is 12.2. The van der Waals surface area contributed by atoms with Crippen LogP contribution >= 0.6 is 35.0 Å². The zero-order valence-electron chi connectivity index (χ0n) is 14.4. The highest BCUT2D eigenvalue weighted by atomic mass is 35.5. The van der Waals surface area contributed by atoms with E-state index in [1.165, 1.54) is 18.7 Å². The molecule has 1 fully saturated rings. The molecule has 0 bridgehead atoms. The minimum atomic E-state index is -0.531. The van der Waals surface area contributed by atoms with Gasteiger partial charge in [-0.3, -0.25) is 4.79 Å². The van der Waals surface area contributed by atoms with Crippen LogP contribution in [0.5, 0.6) is 0 Å². The van der Waals surface area contributed by atoms with Crippen molar-refractivity contribution in [1.82, 2.24) is 4.98 Å². The summed E-state index contributed by atoms with van der Waals surface area (Å²) in [5.41, 5.74) is 0.716. The van der Waals surface area contributed by atoms with Gasteiger partial charge in [0.05, 0.1) is 16.2 Å². The van der Waals surface area contributed by atoms with Gasteiger partial charge in [0.25, 0.3) is 0 Å². The number of hydrogen-bond donors (Lipinski definition) is 0. The van der Waals surface area contributed by atoms with Crippen LogP contribution in [-0.2, 0) is 14.1 Å². The highest BCUT2D eigenvalue weighted by Gasteiger charge is 2.52. The Morgan fingerprint density at radius 2 is 1.88 bits per heavy atom. The van der Waals surface area contributed by atoms with Crippen molar-refractivity contribution < 1.29 is 14.1 Å². The molecule has 0 amide bonds. The van der Waals surface area contributed by atoms with Gasteiger partial charge in [-0.15, -0.1) is 0 Å². The van der Waals surface area contributed by atoms with Crippen molar-refractivity contribution in [1.29, 1.82) is 0 Å². The van der Waals surface area contributed by atoms with Gasteiger partial charge < -0.3 is 9.31 Å². The first kappa shape index (κ1) is 19.8. The summed E-state index contributed by atoms with van der Waals surface area (Å²) in [4.78, 5) is 15.4. The van der Waals surface area contributed by atoms with E-state index < -0.39 is 18.3 Å². The Balaban J connectivity index is 2.33. The Bertz CT molecular complexity index is 663. The van der Waals surface area contributed by atoms with E-state index >= 15 is 0 Å². The van der Waals surface area contributed by atoms with E-state index in [1.54, 1.807) is 12.3 Å². The van der Waals surface area contributed by atoms with Crippen LogP contribution in [0, 0.1) is 0 Å². The molecule has 0 saturated carbocycles. The number of pyridine rings is 1. The molecule has 0 aliphatic carbocycles. The zero-order valence-corrected chi connectivity index (χ0v) is 16.7. The van der Waals surface area contributed by atoms with E-state index in [4.69, 9.17) is 32.5 Å². The van der Waals surface area contributed by atoms with Crippen molar-refractivity contribution in [2.24, 2.45) is 0 Å².